The minimum absolute atomic E-state index is 0.0129. The average molecular weight is 353 g/mol. The Labute approximate surface area is 137 Å². The predicted molar refractivity (Wildman–Crippen MR) is 86.1 cm³/mol. The Balaban J connectivity index is 0. The molecule has 11 N–H and O–H groups in total. The second-order valence-corrected chi connectivity index (χ2v) is 5.28. The highest BCUT2D eigenvalue weighted by molar-refractivity contribution is 8.00. The number of nitrogens with two attached hydrogens (primary N) is 4. The summed E-state index contributed by atoms with van der Waals surface area (Å²) in [6.45, 7) is 0.420. The Morgan fingerprint density at radius 3 is 1.91 bits per heavy atom. The van der Waals surface area contributed by atoms with Crippen LogP contribution in [0.2, 0.25) is 0 Å². The number of aliphatic imine (C=N–C) groups is 1. The van der Waals surface area contributed by atoms with E-state index in [1.165, 1.54) is 0 Å². The van der Waals surface area contributed by atoms with E-state index in [0.29, 0.717) is 19.4 Å². The molecule has 12 heteroatoms. The molecular formula is C11H23N5O6S. The topological polar surface area (TPSA) is 228 Å². The van der Waals surface area contributed by atoms with Crippen LogP contribution in [0, 0.1) is 0 Å². The molecule has 23 heavy (non-hydrogen) atoms. The maximum absolute atomic E-state index is 10.2. The number of guanidine groups is 1. The molecule has 0 aromatic heterocycles. The van der Waals surface area contributed by atoms with Crippen LogP contribution in [0.1, 0.15) is 12.8 Å². The Morgan fingerprint density at radius 2 is 1.52 bits per heavy atom. The van der Waals surface area contributed by atoms with E-state index in [1.54, 1.807) is 0 Å². The Morgan fingerprint density at radius 1 is 1.00 bits per heavy atom. The SMILES string of the molecule is NC(N)=NCCC[C@H](N)C(=O)O.N[C@@H](CSCC(=O)O)C(=O)O. The summed E-state index contributed by atoms with van der Waals surface area (Å²) >= 11 is 0.992. The third kappa shape index (κ3) is 17.9. The zero-order valence-corrected chi connectivity index (χ0v) is 13.2. The summed E-state index contributed by atoms with van der Waals surface area (Å²) in [5.74, 6) is -3.04. The number of hydrogen-bond acceptors (Lipinski definition) is 7. The fourth-order valence-electron chi connectivity index (χ4n) is 0.987. The van der Waals surface area contributed by atoms with Crippen LogP contribution in [-0.2, 0) is 14.4 Å². The minimum Gasteiger partial charge on any atom is -0.481 e. The van der Waals surface area contributed by atoms with Gasteiger partial charge in [0.15, 0.2) is 5.96 Å². The molecule has 11 nitrogen and oxygen atoms in total. The number of carboxylic acid groups (broad SMARTS) is 3. The second kappa shape index (κ2) is 13.6. The molecule has 0 radical (unpaired) electrons. The highest BCUT2D eigenvalue weighted by Crippen LogP contribution is 2.00. The number of carboxylic acids is 3. The number of carbonyl (C=O) groups is 3. The summed E-state index contributed by atoms with van der Waals surface area (Å²) in [6, 6.07) is -1.79. The lowest BCUT2D eigenvalue weighted by Gasteiger charge is -2.03. The molecule has 0 aliphatic rings. The van der Waals surface area contributed by atoms with Crippen molar-refractivity contribution in [2.24, 2.45) is 27.9 Å². The molecule has 0 saturated heterocycles. The molecule has 134 valence electrons. The van der Waals surface area contributed by atoms with Crippen molar-refractivity contribution < 1.29 is 29.7 Å². The Bertz CT molecular complexity index is 416. The average Bonchev–Trinajstić information content (AvgIpc) is 2.43. The van der Waals surface area contributed by atoms with Crippen molar-refractivity contribution in [2.75, 3.05) is 18.1 Å². The smallest absolute Gasteiger partial charge is 0.321 e. The van der Waals surface area contributed by atoms with Gasteiger partial charge in [-0.1, -0.05) is 0 Å². The number of aliphatic carboxylic acids is 3. The molecule has 0 spiro atoms. The van der Waals surface area contributed by atoms with E-state index >= 15 is 0 Å². The van der Waals surface area contributed by atoms with Crippen LogP contribution in [0.25, 0.3) is 0 Å². The summed E-state index contributed by atoms with van der Waals surface area (Å²) in [5.41, 5.74) is 20.4. The van der Waals surface area contributed by atoms with Gasteiger partial charge in [0.05, 0.1) is 5.75 Å². The number of hydrogen-bond donors (Lipinski definition) is 7. The predicted octanol–water partition coefficient (Wildman–Crippen LogP) is -2.33. The maximum atomic E-state index is 10.2. The van der Waals surface area contributed by atoms with Crippen LogP contribution in [0.15, 0.2) is 4.99 Å². The Hall–Kier alpha value is -2.05. The lowest BCUT2D eigenvalue weighted by molar-refractivity contribution is -0.139. The summed E-state index contributed by atoms with van der Waals surface area (Å²) in [5, 5.41) is 24.8. The molecule has 0 saturated carbocycles. The molecule has 0 unspecified atom stereocenters. The van der Waals surface area contributed by atoms with Gasteiger partial charge in [0.25, 0.3) is 0 Å². The van der Waals surface area contributed by atoms with Gasteiger partial charge in [-0.2, -0.15) is 0 Å². The molecule has 2 atom stereocenters. The van der Waals surface area contributed by atoms with Crippen molar-refractivity contribution >= 4 is 35.6 Å². The molecule has 0 aliphatic carbocycles. The van der Waals surface area contributed by atoms with Gasteiger partial charge in [0.2, 0.25) is 0 Å². The zero-order chi connectivity index (χ0) is 18.4. The molecule has 0 fully saturated rings. The van der Waals surface area contributed by atoms with E-state index in [9.17, 15) is 14.4 Å². The molecule has 0 aromatic rings. The van der Waals surface area contributed by atoms with Crippen LogP contribution >= 0.6 is 11.8 Å². The van der Waals surface area contributed by atoms with Gasteiger partial charge in [-0.15, -0.1) is 11.8 Å². The summed E-state index contributed by atoms with van der Waals surface area (Å²) in [7, 11) is 0. The van der Waals surface area contributed by atoms with Gasteiger partial charge in [-0.3, -0.25) is 19.4 Å². The van der Waals surface area contributed by atoms with Crippen molar-refractivity contribution in [3.05, 3.63) is 0 Å². The number of thioether (sulfide) groups is 1. The summed E-state index contributed by atoms with van der Waals surface area (Å²) < 4.78 is 0. The maximum Gasteiger partial charge on any atom is 0.321 e. The monoisotopic (exact) mass is 353 g/mol. The fourth-order valence-corrected chi connectivity index (χ4v) is 1.68. The van der Waals surface area contributed by atoms with E-state index in [2.05, 4.69) is 4.99 Å². The minimum atomic E-state index is -1.11. The lowest BCUT2D eigenvalue weighted by atomic mass is 10.2. The van der Waals surface area contributed by atoms with Crippen molar-refractivity contribution in [3.63, 3.8) is 0 Å². The van der Waals surface area contributed by atoms with Gasteiger partial charge in [-0.05, 0) is 12.8 Å². The molecule has 0 aromatic carbocycles. The highest BCUT2D eigenvalue weighted by atomic mass is 32.2. The van der Waals surface area contributed by atoms with Crippen LogP contribution in [-0.4, -0.2) is 69.3 Å². The molecule has 0 bridgehead atoms. The van der Waals surface area contributed by atoms with Crippen LogP contribution in [0.4, 0.5) is 0 Å². The normalized spacial score (nSPS) is 12.3. The third-order valence-corrected chi connectivity index (χ3v) is 3.17. The van der Waals surface area contributed by atoms with Gasteiger partial charge < -0.3 is 38.3 Å². The first kappa shape index (κ1) is 23.2. The van der Waals surface area contributed by atoms with Gasteiger partial charge in [-0.25, -0.2) is 0 Å². The third-order valence-electron chi connectivity index (χ3n) is 2.12. The summed E-state index contributed by atoms with van der Waals surface area (Å²) in [6.07, 6.45) is 0.956. The quantitative estimate of drug-likeness (QED) is 0.125. The number of nitrogens with zero attached hydrogens (tertiary/aromatic N) is 1. The van der Waals surface area contributed by atoms with E-state index in [1.807, 2.05) is 0 Å². The molecule has 0 rings (SSSR count). The van der Waals surface area contributed by atoms with Gasteiger partial charge in [0, 0.05) is 12.3 Å². The molecule has 0 aliphatic heterocycles. The molecule has 0 amide bonds. The first-order valence-electron chi connectivity index (χ1n) is 6.39. The fraction of sp³-hybridized carbons (Fsp3) is 0.636. The van der Waals surface area contributed by atoms with E-state index < -0.39 is 30.0 Å². The van der Waals surface area contributed by atoms with Crippen LogP contribution < -0.4 is 22.9 Å². The van der Waals surface area contributed by atoms with Crippen molar-refractivity contribution in [2.45, 2.75) is 24.9 Å². The van der Waals surface area contributed by atoms with Crippen molar-refractivity contribution in [1.29, 1.82) is 0 Å². The van der Waals surface area contributed by atoms with Crippen LogP contribution in [0.3, 0.4) is 0 Å². The first-order chi connectivity index (χ1) is 10.6. The lowest BCUT2D eigenvalue weighted by Crippen LogP contribution is -2.32. The van der Waals surface area contributed by atoms with E-state index in [-0.39, 0.29) is 17.5 Å². The summed E-state index contributed by atoms with van der Waals surface area (Å²) in [4.78, 5) is 33.9. The van der Waals surface area contributed by atoms with Crippen molar-refractivity contribution in [1.82, 2.24) is 0 Å². The van der Waals surface area contributed by atoms with E-state index in [4.69, 9.17) is 38.3 Å². The largest absolute Gasteiger partial charge is 0.481 e. The standard InChI is InChI=1S/C6H14N4O2.C5H9NO4S/c7-4(5(11)12)2-1-3-10-6(8)9;6-3(5(9)10)1-11-2-4(7)8/h4H,1-3,7H2,(H,11,12)(H4,8,9,10);3H,1-2,6H2,(H,7,8)(H,9,10)/t4-;3-/m00/s1. The molecule has 0 heterocycles. The van der Waals surface area contributed by atoms with E-state index in [0.717, 1.165) is 11.8 Å². The zero-order valence-electron chi connectivity index (χ0n) is 12.4. The second-order valence-electron chi connectivity index (χ2n) is 4.25. The molecular weight excluding hydrogens is 330 g/mol. The van der Waals surface area contributed by atoms with Crippen molar-refractivity contribution in [3.8, 4) is 0 Å². The number of rotatable bonds is 10. The van der Waals surface area contributed by atoms with Gasteiger partial charge in [0.1, 0.15) is 12.1 Å². The van der Waals surface area contributed by atoms with Gasteiger partial charge >= 0.3 is 17.9 Å². The highest BCUT2D eigenvalue weighted by Gasteiger charge is 2.11. The van der Waals surface area contributed by atoms with Crippen LogP contribution in [0.5, 0.6) is 0 Å². The first-order valence-corrected chi connectivity index (χ1v) is 7.55. The Kier molecular flexibility index (Phi) is 13.7.